The van der Waals surface area contributed by atoms with Gasteiger partial charge < -0.3 is 5.11 Å². The number of carboxylic acid groups (broad SMARTS) is 1. The summed E-state index contributed by atoms with van der Waals surface area (Å²) in [5.41, 5.74) is 5.25. The first kappa shape index (κ1) is 14.1. The molecule has 0 aromatic heterocycles. The van der Waals surface area contributed by atoms with Crippen molar-refractivity contribution in [2.75, 3.05) is 13.1 Å². The van der Waals surface area contributed by atoms with Gasteiger partial charge in [0.2, 0.25) is 0 Å². The smallest absolute Gasteiger partial charge is 0.308 e. The molecule has 0 spiro atoms. The summed E-state index contributed by atoms with van der Waals surface area (Å²) in [6.07, 6.45) is 0. The highest BCUT2D eigenvalue weighted by atomic mass is 16.4. The quantitative estimate of drug-likeness (QED) is 0.909. The van der Waals surface area contributed by atoms with Crippen LogP contribution in [0.3, 0.4) is 0 Å². The summed E-state index contributed by atoms with van der Waals surface area (Å²) in [6, 6.07) is 4.46. The second-order valence-electron chi connectivity index (χ2n) is 5.98. The number of rotatable bonds is 3. The van der Waals surface area contributed by atoms with Crippen molar-refractivity contribution < 1.29 is 9.90 Å². The minimum absolute atomic E-state index is 0.216. The van der Waals surface area contributed by atoms with Gasteiger partial charge in [-0.05, 0) is 48.9 Å². The largest absolute Gasteiger partial charge is 0.481 e. The minimum Gasteiger partial charge on any atom is -0.481 e. The van der Waals surface area contributed by atoms with Gasteiger partial charge in [0.15, 0.2) is 0 Å². The number of hydrogen-bond acceptors (Lipinski definition) is 2. The number of benzene rings is 1. The van der Waals surface area contributed by atoms with Crippen molar-refractivity contribution >= 4 is 5.97 Å². The Balaban J connectivity index is 2.11. The molecule has 0 aliphatic carbocycles. The summed E-state index contributed by atoms with van der Waals surface area (Å²) in [5.74, 6) is -0.636. The fourth-order valence-corrected chi connectivity index (χ4v) is 2.95. The van der Waals surface area contributed by atoms with Crippen molar-refractivity contribution in [3.05, 3.63) is 34.4 Å². The van der Waals surface area contributed by atoms with Gasteiger partial charge in [0.05, 0.1) is 5.92 Å². The predicted molar refractivity (Wildman–Crippen MR) is 76.2 cm³/mol. The van der Waals surface area contributed by atoms with Crippen LogP contribution in [0.1, 0.15) is 29.2 Å². The van der Waals surface area contributed by atoms with Crippen molar-refractivity contribution in [1.29, 1.82) is 0 Å². The molecule has 19 heavy (non-hydrogen) atoms. The molecule has 3 nitrogen and oxygen atoms in total. The van der Waals surface area contributed by atoms with Crippen LogP contribution in [0.4, 0.5) is 0 Å². The maximum absolute atomic E-state index is 11.1. The molecule has 0 amide bonds. The molecule has 1 heterocycles. The van der Waals surface area contributed by atoms with E-state index in [0.717, 1.165) is 13.1 Å². The molecule has 1 saturated heterocycles. The second kappa shape index (κ2) is 5.33. The van der Waals surface area contributed by atoms with Crippen LogP contribution in [0.2, 0.25) is 0 Å². The normalized spacial score (nSPS) is 23.8. The summed E-state index contributed by atoms with van der Waals surface area (Å²) in [4.78, 5) is 13.4. The number of aryl methyl sites for hydroxylation is 3. The highest BCUT2D eigenvalue weighted by Gasteiger charge is 2.34. The van der Waals surface area contributed by atoms with Crippen LogP contribution in [-0.4, -0.2) is 29.1 Å². The van der Waals surface area contributed by atoms with E-state index in [9.17, 15) is 9.90 Å². The van der Waals surface area contributed by atoms with Crippen LogP contribution in [0.15, 0.2) is 12.1 Å². The Bertz CT molecular complexity index is 496. The van der Waals surface area contributed by atoms with Crippen LogP contribution >= 0.6 is 0 Å². The molecule has 0 bridgehead atoms. The zero-order valence-electron chi connectivity index (χ0n) is 12.2. The van der Waals surface area contributed by atoms with Crippen LogP contribution in [0.25, 0.3) is 0 Å². The van der Waals surface area contributed by atoms with E-state index in [-0.39, 0.29) is 11.8 Å². The molecular weight excluding hydrogens is 238 g/mol. The lowest BCUT2D eigenvalue weighted by molar-refractivity contribution is -0.142. The van der Waals surface area contributed by atoms with E-state index < -0.39 is 5.97 Å². The average molecular weight is 261 g/mol. The van der Waals surface area contributed by atoms with E-state index in [1.807, 2.05) is 6.92 Å². The SMILES string of the molecule is Cc1cc(C)c(CN2CC(C)C(C(=O)O)C2)cc1C. The van der Waals surface area contributed by atoms with Crippen molar-refractivity contribution in [2.45, 2.75) is 34.2 Å². The molecular formula is C16H23NO2. The van der Waals surface area contributed by atoms with Crippen LogP contribution in [0.5, 0.6) is 0 Å². The number of carbonyl (C=O) groups is 1. The van der Waals surface area contributed by atoms with E-state index in [2.05, 4.69) is 37.8 Å². The first-order chi connectivity index (χ1) is 8.88. The van der Waals surface area contributed by atoms with Gasteiger partial charge in [-0.2, -0.15) is 0 Å². The van der Waals surface area contributed by atoms with Gasteiger partial charge in [-0.3, -0.25) is 9.69 Å². The highest BCUT2D eigenvalue weighted by molar-refractivity contribution is 5.71. The van der Waals surface area contributed by atoms with Crippen molar-refractivity contribution in [1.82, 2.24) is 4.90 Å². The number of carboxylic acids is 1. The van der Waals surface area contributed by atoms with Gasteiger partial charge in [-0.15, -0.1) is 0 Å². The second-order valence-corrected chi connectivity index (χ2v) is 5.98. The molecule has 2 atom stereocenters. The number of hydrogen-bond donors (Lipinski definition) is 1. The molecule has 1 aromatic rings. The number of nitrogens with zero attached hydrogens (tertiary/aromatic N) is 1. The Kier molecular flexibility index (Phi) is 3.95. The molecule has 2 rings (SSSR count). The van der Waals surface area contributed by atoms with E-state index >= 15 is 0 Å². The third-order valence-electron chi connectivity index (χ3n) is 4.35. The van der Waals surface area contributed by atoms with E-state index in [1.54, 1.807) is 0 Å². The molecule has 1 fully saturated rings. The lowest BCUT2D eigenvalue weighted by Gasteiger charge is -2.18. The van der Waals surface area contributed by atoms with Crippen molar-refractivity contribution in [2.24, 2.45) is 11.8 Å². The minimum atomic E-state index is -0.660. The van der Waals surface area contributed by atoms with Crippen molar-refractivity contribution in [3.8, 4) is 0 Å². The number of aliphatic carboxylic acids is 1. The summed E-state index contributed by atoms with van der Waals surface area (Å²) >= 11 is 0. The first-order valence-corrected chi connectivity index (χ1v) is 6.90. The van der Waals surface area contributed by atoms with Gasteiger partial charge in [-0.1, -0.05) is 19.1 Å². The molecule has 1 aliphatic rings. The van der Waals surface area contributed by atoms with Crippen LogP contribution in [-0.2, 0) is 11.3 Å². The lowest BCUT2D eigenvalue weighted by atomic mass is 9.99. The Morgan fingerprint density at radius 1 is 1.21 bits per heavy atom. The van der Waals surface area contributed by atoms with Gasteiger partial charge >= 0.3 is 5.97 Å². The average Bonchev–Trinajstić information content (AvgIpc) is 2.67. The molecule has 1 aliphatic heterocycles. The predicted octanol–water partition coefficient (Wildman–Crippen LogP) is 2.76. The zero-order valence-corrected chi connectivity index (χ0v) is 12.2. The third-order valence-corrected chi connectivity index (χ3v) is 4.35. The van der Waals surface area contributed by atoms with Crippen LogP contribution in [0, 0.1) is 32.6 Å². The van der Waals surface area contributed by atoms with Gasteiger partial charge in [-0.25, -0.2) is 0 Å². The number of likely N-dealkylation sites (tertiary alicyclic amines) is 1. The topological polar surface area (TPSA) is 40.5 Å². The standard InChI is InChI=1S/C16H23NO2/c1-10-5-12(3)14(6-11(10)2)8-17-7-13(4)15(9-17)16(18)19/h5-6,13,15H,7-9H2,1-4H3,(H,18,19). The summed E-state index contributed by atoms with van der Waals surface area (Å²) < 4.78 is 0. The Hall–Kier alpha value is -1.35. The molecule has 1 N–H and O–H groups in total. The van der Waals surface area contributed by atoms with Gasteiger partial charge in [0.25, 0.3) is 0 Å². The fourth-order valence-electron chi connectivity index (χ4n) is 2.95. The Morgan fingerprint density at radius 3 is 2.42 bits per heavy atom. The van der Waals surface area contributed by atoms with Crippen LogP contribution < -0.4 is 0 Å². The van der Waals surface area contributed by atoms with E-state index in [1.165, 1.54) is 22.3 Å². The zero-order chi connectivity index (χ0) is 14.2. The summed E-state index contributed by atoms with van der Waals surface area (Å²) in [5, 5.41) is 9.18. The monoisotopic (exact) mass is 261 g/mol. The molecule has 0 radical (unpaired) electrons. The lowest BCUT2D eigenvalue weighted by Crippen LogP contribution is -2.23. The van der Waals surface area contributed by atoms with E-state index in [4.69, 9.17) is 0 Å². The highest BCUT2D eigenvalue weighted by Crippen LogP contribution is 2.26. The molecule has 2 unspecified atom stereocenters. The maximum atomic E-state index is 11.1. The molecule has 0 saturated carbocycles. The summed E-state index contributed by atoms with van der Waals surface area (Å²) in [6.45, 7) is 10.8. The summed E-state index contributed by atoms with van der Waals surface area (Å²) in [7, 11) is 0. The first-order valence-electron chi connectivity index (χ1n) is 6.90. The Labute approximate surface area is 115 Å². The third kappa shape index (κ3) is 2.98. The molecule has 1 aromatic carbocycles. The van der Waals surface area contributed by atoms with Gasteiger partial charge in [0.1, 0.15) is 0 Å². The van der Waals surface area contributed by atoms with E-state index in [0.29, 0.717) is 6.54 Å². The fraction of sp³-hybridized carbons (Fsp3) is 0.562. The molecule has 3 heteroatoms. The van der Waals surface area contributed by atoms with Crippen molar-refractivity contribution in [3.63, 3.8) is 0 Å². The Morgan fingerprint density at radius 2 is 1.84 bits per heavy atom. The van der Waals surface area contributed by atoms with Gasteiger partial charge in [0, 0.05) is 19.6 Å². The molecule has 104 valence electrons. The maximum Gasteiger partial charge on any atom is 0.308 e.